The first-order valence-corrected chi connectivity index (χ1v) is 9.17. The third-order valence-electron chi connectivity index (χ3n) is 5.51. The summed E-state index contributed by atoms with van der Waals surface area (Å²) in [5.41, 5.74) is 10.7. The van der Waals surface area contributed by atoms with Gasteiger partial charge < -0.3 is 10.7 Å². The number of nitrogen functional groups attached to an aromatic ring is 1. The van der Waals surface area contributed by atoms with Crippen LogP contribution in [0.25, 0.3) is 0 Å². The second-order valence-electron chi connectivity index (χ2n) is 7.31. The van der Waals surface area contributed by atoms with Crippen molar-refractivity contribution in [2.75, 3.05) is 5.73 Å². The van der Waals surface area contributed by atoms with Gasteiger partial charge in [-0.1, -0.05) is 18.5 Å². The fraction of sp³-hybridized carbons (Fsp3) is 0.556. The smallest absolute Gasteiger partial charge is 0.249 e. The summed E-state index contributed by atoms with van der Waals surface area (Å²) in [5.74, 6) is 1.34. The quantitative estimate of drug-likeness (QED) is 0.870. The van der Waals surface area contributed by atoms with Crippen LogP contribution in [-0.4, -0.2) is 20.7 Å². The normalized spacial score (nSPS) is 22.9. The fourth-order valence-corrected chi connectivity index (χ4v) is 4.43. The molecular formula is C18H23ClN4O. The van der Waals surface area contributed by atoms with Crippen molar-refractivity contribution in [3.8, 4) is 0 Å². The average Bonchev–Trinajstić information content (AvgIpc) is 3.08. The molecule has 0 bridgehead atoms. The molecule has 2 heterocycles. The van der Waals surface area contributed by atoms with Gasteiger partial charge in [-0.05, 0) is 62.0 Å². The Hall–Kier alpha value is -1.75. The molecule has 2 aliphatic carbocycles. The summed E-state index contributed by atoms with van der Waals surface area (Å²) in [6.45, 7) is 2.22. The van der Waals surface area contributed by atoms with Crippen LogP contribution in [0.15, 0.2) is 6.07 Å². The number of carbonyl (C=O) groups is 1. The molecule has 0 saturated carbocycles. The van der Waals surface area contributed by atoms with E-state index < -0.39 is 0 Å². The molecule has 0 fully saturated rings. The highest BCUT2D eigenvalue weighted by Gasteiger charge is 2.28. The summed E-state index contributed by atoms with van der Waals surface area (Å²) >= 11 is 6.10. The van der Waals surface area contributed by atoms with Crippen molar-refractivity contribution in [2.45, 2.75) is 57.8 Å². The van der Waals surface area contributed by atoms with Gasteiger partial charge >= 0.3 is 0 Å². The van der Waals surface area contributed by atoms with E-state index in [2.05, 4.69) is 17.0 Å². The number of hydrogen-bond donors (Lipinski definition) is 2. The van der Waals surface area contributed by atoms with E-state index in [4.69, 9.17) is 17.3 Å². The molecule has 6 heteroatoms. The zero-order valence-corrected chi connectivity index (χ0v) is 14.7. The minimum atomic E-state index is -0.00951. The lowest BCUT2D eigenvalue weighted by atomic mass is 9.84. The van der Waals surface area contributed by atoms with Gasteiger partial charge in [0.1, 0.15) is 11.0 Å². The Bertz CT molecular complexity index is 791. The number of rotatable bonds is 2. The first-order chi connectivity index (χ1) is 11.5. The summed E-state index contributed by atoms with van der Waals surface area (Å²) in [7, 11) is 0. The molecule has 2 aromatic heterocycles. The third-order valence-corrected chi connectivity index (χ3v) is 5.71. The van der Waals surface area contributed by atoms with Crippen LogP contribution in [0.2, 0.25) is 5.15 Å². The highest BCUT2D eigenvalue weighted by atomic mass is 35.5. The molecule has 3 N–H and O–H groups in total. The predicted molar refractivity (Wildman–Crippen MR) is 94.6 cm³/mol. The number of H-pyrrole nitrogens is 1. The molecule has 0 aliphatic heterocycles. The van der Waals surface area contributed by atoms with Gasteiger partial charge in [0.05, 0.1) is 5.69 Å². The van der Waals surface area contributed by atoms with E-state index in [1.165, 1.54) is 15.9 Å². The summed E-state index contributed by atoms with van der Waals surface area (Å²) in [6, 6.07) is 1.97. The van der Waals surface area contributed by atoms with E-state index in [1.54, 1.807) is 0 Å². The van der Waals surface area contributed by atoms with Crippen molar-refractivity contribution < 1.29 is 4.79 Å². The van der Waals surface area contributed by atoms with Gasteiger partial charge in [-0.2, -0.15) is 9.78 Å². The largest absolute Gasteiger partial charge is 0.383 e. The number of aryl methyl sites for hydroxylation is 2. The maximum Gasteiger partial charge on any atom is 0.249 e. The molecule has 2 unspecified atom stereocenters. The molecule has 5 nitrogen and oxygen atoms in total. The van der Waals surface area contributed by atoms with Gasteiger partial charge in [0.25, 0.3) is 0 Å². The zero-order chi connectivity index (χ0) is 16.8. The Morgan fingerprint density at radius 1 is 1.46 bits per heavy atom. The third kappa shape index (κ3) is 2.65. The van der Waals surface area contributed by atoms with Crippen LogP contribution in [0.3, 0.4) is 0 Å². The van der Waals surface area contributed by atoms with Crippen molar-refractivity contribution in [1.29, 1.82) is 0 Å². The molecular weight excluding hydrogens is 324 g/mol. The topological polar surface area (TPSA) is 76.7 Å². The highest BCUT2D eigenvalue weighted by Crippen LogP contribution is 2.36. The van der Waals surface area contributed by atoms with Gasteiger partial charge in [-0.25, -0.2) is 0 Å². The molecule has 4 rings (SSSR count). The number of aromatic amines is 1. The first-order valence-electron chi connectivity index (χ1n) is 8.79. The number of anilines is 1. The Labute approximate surface area is 146 Å². The maximum atomic E-state index is 12.8. The highest BCUT2D eigenvalue weighted by molar-refractivity contribution is 6.29. The second-order valence-corrected chi connectivity index (χ2v) is 7.72. The van der Waals surface area contributed by atoms with E-state index in [0.717, 1.165) is 49.8 Å². The fourth-order valence-electron chi connectivity index (χ4n) is 4.19. The number of nitrogens with zero attached hydrogens (tertiary/aromatic N) is 2. The number of halogens is 1. The molecule has 2 atom stereocenters. The van der Waals surface area contributed by atoms with Crippen LogP contribution in [-0.2, 0) is 19.3 Å². The van der Waals surface area contributed by atoms with E-state index >= 15 is 0 Å². The average molecular weight is 347 g/mol. The summed E-state index contributed by atoms with van der Waals surface area (Å²) in [4.78, 5) is 16.0. The van der Waals surface area contributed by atoms with Gasteiger partial charge in [0.15, 0.2) is 0 Å². The molecule has 0 amide bonds. The van der Waals surface area contributed by atoms with Crippen molar-refractivity contribution in [2.24, 2.45) is 5.92 Å². The number of carbonyl (C=O) groups excluding carboxylic acids is 1. The second kappa shape index (κ2) is 5.96. The molecule has 2 aliphatic rings. The van der Waals surface area contributed by atoms with E-state index in [0.29, 0.717) is 23.3 Å². The van der Waals surface area contributed by atoms with Crippen LogP contribution in [0.5, 0.6) is 0 Å². The zero-order valence-electron chi connectivity index (χ0n) is 13.9. The number of fused-ring (bicyclic) bond motifs is 2. The van der Waals surface area contributed by atoms with Gasteiger partial charge in [-0.15, -0.1) is 0 Å². The molecule has 0 aromatic carbocycles. The molecule has 128 valence electrons. The van der Waals surface area contributed by atoms with Crippen LogP contribution < -0.4 is 5.73 Å². The summed E-state index contributed by atoms with van der Waals surface area (Å²) in [6.07, 6.45) is 6.47. The Kier molecular flexibility index (Phi) is 3.91. The van der Waals surface area contributed by atoms with Crippen molar-refractivity contribution in [3.63, 3.8) is 0 Å². The minimum absolute atomic E-state index is 0.00951. The minimum Gasteiger partial charge on any atom is -0.383 e. The van der Waals surface area contributed by atoms with Crippen LogP contribution in [0.1, 0.15) is 65.8 Å². The maximum absolute atomic E-state index is 12.8. The lowest BCUT2D eigenvalue weighted by Crippen LogP contribution is -2.20. The number of nitrogens with two attached hydrogens (primary N) is 1. The van der Waals surface area contributed by atoms with E-state index in [1.807, 2.05) is 6.07 Å². The number of nitrogens with one attached hydrogen (secondary N) is 1. The first kappa shape index (κ1) is 15.8. The van der Waals surface area contributed by atoms with Crippen LogP contribution in [0, 0.1) is 5.92 Å². The van der Waals surface area contributed by atoms with Crippen LogP contribution >= 0.6 is 11.6 Å². The molecule has 0 saturated heterocycles. The number of aromatic nitrogens is 3. The summed E-state index contributed by atoms with van der Waals surface area (Å²) < 4.78 is 1.45. The molecule has 0 spiro atoms. The number of hydrogen-bond acceptors (Lipinski definition) is 3. The van der Waals surface area contributed by atoms with E-state index in [9.17, 15) is 4.79 Å². The Balaban J connectivity index is 1.58. The molecule has 0 radical (unpaired) electrons. The SMILES string of the molecule is CC1CCc2nn(C(=O)CC3CCCc4[nH]c(Cl)cc43)c(N)c2C1. The van der Waals surface area contributed by atoms with Gasteiger partial charge in [0.2, 0.25) is 5.91 Å². The Morgan fingerprint density at radius 3 is 3.12 bits per heavy atom. The van der Waals surface area contributed by atoms with Gasteiger partial charge in [0, 0.05) is 17.7 Å². The summed E-state index contributed by atoms with van der Waals surface area (Å²) in [5, 5.41) is 5.17. The monoisotopic (exact) mass is 346 g/mol. The lowest BCUT2D eigenvalue weighted by molar-refractivity contribution is 0.0876. The standard InChI is InChI=1S/C18H23ClN4O/c1-10-5-6-15-13(7-10)18(20)23(22-15)17(24)8-11-3-2-4-14-12(11)9-16(19)21-14/h9-11,21H,2-8,20H2,1H3. The van der Waals surface area contributed by atoms with Crippen molar-refractivity contribution in [3.05, 3.63) is 33.7 Å². The molecule has 24 heavy (non-hydrogen) atoms. The van der Waals surface area contributed by atoms with Gasteiger partial charge in [-0.3, -0.25) is 4.79 Å². The van der Waals surface area contributed by atoms with Crippen molar-refractivity contribution >= 4 is 23.3 Å². The van der Waals surface area contributed by atoms with Crippen LogP contribution in [0.4, 0.5) is 5.82 Å². The molecule has 2 aromatic rings. The predicted octanol–water partition coefficient (Wildman–Crippen LogP) is 3.72. The lowest BCUT2D eigenvalue weighted by Gasteiger charge is -2.21. The van der Waals surface area contributed by atoms with Crippen molar-refractivity contribution in [1.82, 2.24) is 14.8 Å². The van der Waals surface area contributed by atoms with E-state index in [-0.39, 0.29) is 11.8 Å². The Morgan fingerprint density at radius 2 is 2.29 bits per heavy atom.